The van der Waals surface area contributed by atoms with Gasteiger partial charge in [-0.05, 0) is 28.1 Å². The molecule has 1 aliphatic heterocycles. The van der Waals surface area contributed by atoms with Crippen LogP contribution >= 0.6 is 40.1 Å². The van der Waals surface area contributed by atoms with Gasteiger partial charge in [-0.2, -0.15) is 11.8 Å². The fourth-order valence-corrected chi connectivity index (χ4v) is 3.43. The van der Waals surface area contributed by atoms with E-state index in [0.29, 0.717) is 12.2 Å². The monoisotopic (exact) mass is 424 g/mol. The summed E-state index contributed by atoms with van der Waals surface area (Å²) in [5.74, 6) is 2.70. The lowest BCUT2D eigenvalue weighted by molar-refractivity contribution is -0.122. The van der Waals surface area contributed by atoms with E-state index < -0.39 is 6.10 Å². The minimum Gasteiger partial charge on any atom is -0.490 e. The molecular formula is C15H22BrClN2O3S. The molecule has 0 bridgehead atoms. The highest BCUT2D eigenvalue weighted by atomic mass is 79.9. The molecule has 0 saturated carbocycles. The van der Waals surface area contributed by atoms with Gasteiger partial charge in [0.25, 0.3) is 0 Å². The van der Waals surface area contributed by atoms with Crippen LogP contribution in [0.1, 0.15) is 6.42 Å². The molecule has 1 amide bonds. The van der Waals surface area contributed by atoms with Gasteiger partial charge in [-0.3, -0.25) is 4.79 Å². The number of ether oxygens (including phenoxy) is 1. The van der Waals surface area contributed by atoms with E-state index in [1.54, 1.807) is 0 Å². The van der Waals surface area contributed by atoms with Crippen LogP contribution in [0.25, 0.3) is 0 Å². The average Bonchev–Trinajstić information content (AvgIpc) is 2.53. The number of carbonyl (C=O) groups is 1. The quantitative estimate of drug-likeness (QED) is 0.622. The number of amides is 1. The van der Waals surface area contributed by atoms with Crippen LogP contribution in [0.3, 0.4) is 0 Å². The Hall–Kier alpha value is -0.470. The smallest absolute Gasteiger partial charge is 0.221 e. The number of halogens is 2. The van der Waals surface area contributed by atoms with Crippen LogP contribution in [-0.4, -0.2) is 54.4 Å². The summed E-state index contributed by atoms with van der Waals surface area (Å²) in [7, 11) is 0. The lowest BCUT2D eigenvalue weighted by Gasteiger charge is -2.22. The maximum atomic E-state index is 11.8. The minimum absolute atomic E-state index is 0. The number of hydrogen-bond acceptors (Lipinski definition) is 5. The van der Waals surface area contributed by atoms with Crippen molar-refractivity contribution in [3.63, 3.8) is 0 Å². The van der Waals surface area contributed by atoms with E-state index in [-0.39, 0.29) is 37.5 Å². The number of carbonyl (C=O) groups excluding carboxylic acids is 1. The van der Waals surface area contributed by atoms with Crippen molar-refractivity contribution in [3.05, 3.63) is 28.7 Å². The molecule has 1 saturated heterocycles. The summed E-state index contributed by atoms with van der Waals surface area (Å²) in [5, 5.41) is 15.9. The Balaban J connectivity index is 0.00000264. The van der Waals surface area contributed by atoms with Crippen LogP contribution in [0.15, 0.2) is 28.7 Å². The molecule has 0 radical (unpaired) electrons. The highest BCUT2D eigenvalue weighted by Crippen LogP contribution is 2.23. The number of benzene rings is 1. The van der Waals surface area contributed by atoms with Crippen molar-refractivity contribution in [2.45, 2.75) is 18.6 Å². The Labute approximate surface area is 155 Å². The molecule has 0 aliphatic carbocycles. The Morgan fingerprint density at radius 2 is 2.30 bits per heavy atom. The van der Waals surface area contributed by atoms with Gasteiger partial charge in [-0.15, -0.1) is 12.4 Å². The predicted molar refractivity (Wildman–Crippen MR) is 99.6 cm³/mol. The maximum absolute atomic E-state index is 11.8. The molecule has 23 heavy (non-hydrogen) atoms. The van der Waals surface area contributed by atoms with E-state index in [9.17, 15) is 9.90 Å². The van der Waals surface area contributed by atoms with E-state index in [4.69, 9.17) is 4.74 Å². The number of para-hydroxylation sites is 1. The second-order valence-corrected chi connectivity index (χ2v) is 7.13. The third-order valence-electron chi connectivity index (χ3n) is 3.23. The van der Waals surface area contributed by atoms with Crippen LogP contribution in [0.5, 0.6) is 5.75 Å². The summed E-state index contributed by atoms with van der Waals surface area (Å²) < 4.78 is 6.36. The molecule has 0 spiro atoms. The van der Waals surface area contributed by atoms with Crippen LogP contribution in [0, 0.1) is 0 Å². The lowest BCUT2D eigenvalue weighted by atomic mass is 10.2. The largest absolute Gasteiger partial charge is 0.490 e. The Bertz CT molecular complexity index is 490. The number of aliphatic hydroxyl groups excluding tert-OH is 1. The summed E-state index contributed by atoms with van der Waals surface area (Å²) in [6, 6.07) is 7.68. The molecule has 8 heteroatoms. The molecule has 5 nitrogen and oxygen atoms in total. The summed E-state index contributed by atoms with van der Waals surface area (Å²) in [6.45, 7) is 1.29. The predicted octanol–water partition coefficient (Wildman–Crippen LogP) is 1.82. The van der Waals surface area contributed by atoms with Gasteiger partial charge in [0.15, 0.2) is 0 Å². The molecule has 1 fully saturated rings. The molecular weight excluding hydrogens is 404 g/mol. The first-order valence-corrected chi connectivity index (χ1v) is 9.23. The summed E-state index contributed by atoms with van der Waals surface area (Å²) in [6.07, 6.45) is -0.282. The Morgan fingerprint density at radius 1 is 1.52 bits per heavy atom. The van der Waals surface area contributed by atoms with Crippen molar-refractivity contribution < 1.29 is 14.6 Å². The van der Waals surface area contributed by atoms with Crippen LogP contribution in [-0.2, 0) is 4.79 Å². The molecule has 1 heterocycles. The first-order valence-electron chi connectivity index (χ1n) is 7.28. The van der Waals surface area contributed by atoms with Gasteiger partial charge < -0.3 is 20.5 Å². The van der Waals surface area contributed by atoms with Crippen molar-refractivity contribution in [3.8, 4) is 5.75 Å². The van der Waals surface area contributed by atoms with Crippen molar-refractivity contribution >= 4 is 46.0 Å². The van der Waals surface area contributed by atoms with Gasteiger partial charge in [0.2, 0.25) is 5.91 Å². The number of hydrogen-bond donors (Lipinski definition) is 3. The first kappa shape index (κ1) is 20.6. The van der Waals surface area contributed by atoms with Crippen molar-refractivity contribution in [2.75, 3.05) is 31.2 Å². The van der Waals surface area contributed by atoms with E-state index >= 15 is 0 Å². The average molecular weight is 426 g/mol. The fraction of sp³-hybridized carbons (Fsp3) is 0.533. The van der Waals surface area contributed by atoms with Gasteiger partial charge in [0.05, 0.1) is 4.47 Å². The molecule has 130 valence electrons. The SMILES string of the molecule is Cl.O=C(CC1CSCCN1)NCC(O)COc1ccccc1Br. The third-order valence-corrected chi connectivity index (χ3v) is 5.02. The standard InChI is InChI=1S/C15H21BrN2O3S.ClH/c16-13-3-1-2-4-14(13)21-9-12(19)8-18-15(20)7-11-10-22-6-5-17-11;/h1-4,11-12,17,19H,5-10H2,(H,18,20);1H. The van der Waals surface area contributed by atoms with Crippen molar-refractivity contribution in [2.24, 2.45) is 0 Å². The van der Waals surface area contributed by atoms with Gasteiger partial charge in [-0.25, -0.2) is 0 Å². The minimum atomic E-state index is -0.732. The molecule has 0 aromatic heterocycles. The summed E-state index contributed by atoms with van der Waals surface area (Å²) in [4.78, 5) is 11.8. The molecule has 1 aromatic carbocycles. The zero-order valence-electron chi connectivity index (χ0n) is 12.7. The van der Waals surface area contributed by atoms with Gasteiger partial charge >= 0.3 is 0 Å². The molecule has 2 unspecified atom stereocenters. The van der Waals surface area contributed by atoms with Crippen LogP contribution < -0.4 is 15.4 Å². The molecule has 3 N–H and O–H groups in total. The van der Waals surface area contributed by atoms with E-state index in [2.05, 4.69) is 26.6 Å². The van der Waals surface area contributed by atoms with Gasteiger partial charge in [0, 0.05) is 37.1 Å². The van der Waals surface area contributed by atoms with Crippen LogP contribution in [0.2, 0.25) is 0 Å². The van der Waals surface area contributed by atoms with Crippen molar-refractivity contribution in [1.29, 1.82) is 0 Å². The number of rotatable bonds is 7. The molecule has 1 aliphatic rings. The lowest BCUT2D eigenvalue weighted by Crippen LogP contribution is -2.43. The highest BCUT2D eigenvalue weighted by Gasteiger charge is 2.17. The number of thioether (sulfide) groups is 1. The zero-order chi connectivity index (χ0) is 15.8. The van der Waals surface area contributed by atoms with Gasteiger partial charge in [-0.1, -0.05) is 12.1 Å². The van der Waals surface area contributed by atoms with E-state index in [1.807, 2.05) is 36.0 Å². The fourth-order valence-electron chi connectivity index (χ4n) is 2.09. The van der Waals surface area contributed by atoms with E-state index in [1.165, 1.54) is 0 Å². The highest BCUT2D eigenvalue weighted by molar-refractivity contribution is 9.10. The Morgan fingerprint density at radius 3 is 3.00 bits per heavy atom. The number of aliphatic hydroxyl groups is 1. The third kappa shape index (κ3) is 7.76. The second-order valence-electron chi connectivity index (χ2n) is 5.13. The maximum Gasteiger partial charge on any atom is 0.221 e. The van der Waals surface area contributed by atoms with E-state index in [0.717, 1.165) is 22.5 Å². The zero-order valence-corrected chi connectivity index (χ0v) is 15.9. The second kappa shape index (κ2) is 11.1. The van der Waals surface area contributed by atoms with Gasteiger partial charge in [0.1, 0.15) is 18.5 Å². The molecule has 2 atom stereocenters. The molecule has 2 rings (SSSR count). The summed E-state index contributed by atoms with van der Waals surface area (Å²) in [5.41, 5.74) is 0. The summed E-state index contributed by atoms with van der Waals surface area (Å²) >= 11 is 5.24. The molecule has 1 aromatic rings. The first-order chi connectivity index (χ1) is 10.6. The van der Waals surface area contributed by atoms with Crippen molar-refractivity contribution in [1.82, 2.24) is 10.6 Å². The number of nitrogens with one attached hydrogen (secondary N) is 2. The normalized spacial score (nSPS) is 18.6. The topological polar surface area (TPSA) is 70.6 Å². The Kier molecular flexibility index (Phi) is 9.97. The van der Waals surface area contributed by atoms with Crippen LogP contribution in [0.4, 0.5) is 0 Å².